The Morgan fingerprint density at radius 2 is 2.04 bits per heavy atom. The van der Waals surface area contributed by atoms with E-state index in [1.54, 1.807) is 11.3 Å². The fraction of sp³-hybridized carbons (Fsp3) is 0.350. The second kappa shape index (κ2) is 6.78. The molecule has 0 radical (unpaired) electrons. The van der Waals surface area contributed by atoms with Crippen molar-refractivity contribution >= 4 is 11.3 Å². The summed E-state index contributed by atoms with van der Waals surface area (Å²) in [5.41, 5.74) is 2.27. The Kier molecular flexibility index (Phi) is 4.15. The van der Waals surface area contributed by atoms with Crippen molar-refractivity contribution in [1.29, 1.82) is 0 Å². The lowest BCUT2D eigenvalue weighted by Gasteiger charge is -2.25. The van der Waals surface area contributed by atoms with Crippen LogP contribution in [0.3, 0.4) is 0 Å². The van der Waals surface area contributed by atoms with Gasteiger partial charge in [0.1, 0.15) is 13.2 Å². The monoisotopic (exact) mass is 368 g/mol. The Morgan fingerprint density at radius 3 is 2.92 bits per heavy atom. The lowest BCUT2D eigenvalue weighted by atomic mass is 10.0. The number of benzene rings is 1. The first-order valence-corrected chi connectivity index (χ1v) is 9.88. The first-order valence-electron chi connectivity index (χ1n) is 9.00. The van der Waals surface area contributed by atoms with Gasteiger partial charge in [0, 0.05) is 18.7 Å². The number of hydrogen-bond donors (Lipinski definition) is 0. The minimum Gasteiger partial charge on any atom is -0.486 e. The third kappa shape index (κ3) is 2.99. The van der Waals surface area contributed by atoms with Crippen molar-refractivity contribution in [3.8, 4) is 22.1 Å². The number of fused-ring (bicyclic) bond motifs is 1. The average molecular weight is 368 g/mol. The Hall–Kier alpha value is -2.31. The lowest BCUT2D eigenvalue weighted by Crippen LogP contribution is -2.23. The standard InChI is InChI=1S/C20H20N2O3S/c1-3-16(14-5-6-17-18(11-14)24-9-8-23-17)22(7-1)13-15-12-19(25-21-15)20-4-2-10-26-20/h2,4-6,10-12,16H,1,3,7-9,13H2. The summed E-state index contributed by atoms with van der Waals surface area (Å²) in [5.74, 6) is 2.56. The fourth-order valence-corrected chi connectivity index (χ4v) is 4.46. The Balaban J connectivity index is 1.34. The minimum atomic E-state index is 0.382. The van der Waals surface area contributed by atoms with Gasteiger partial charge in [-0.25, -0.2) is 0 Å². The normalized spacial score (nSPS) is 19.8. The molecule has 0 saturated carbocycles. The number of nitrogens with zero attached hydrogens (tertiary/aromatic N) is 2. The zero-order valence-corrected chi connectivity index (χ0v) is 15.2. The van der Waals surface area contributed by atoms with Crippen LogP contribution in [0, 0.1) is 0 Å². The SMILES string of the molecule is c1csc(-c2cc(CN3CCCC3c3ccc4c(c3)OCCO4)no2)c1. The molecule has 0 aliphatic carbocycles. The molecule has 1 saturated heterocycles. The van der Waals surface area contributed by atoms with Crippen LogP contribution in [0.1, 0.15) is 30.1 Å². The van der Waals surface area contributed by atoms with Crippen molar-refractivity contribution in [3.63, 3.8) is 0 Å². The van der Waals surface area contributed by atoms with E-state index in [4.69, 9.17) is 14.0 Å². The van der Waals surface area contributed by atoms with Crippen molar-refractivity contribution in [2.75, 3.05) is 19.8 Å². The molecule has 1 aromatic carbocycles. The maximum absolute atomic E-state index is 5.75. The zero-order valence-electron chi connectivity index (χ0n) is 14.4. The molecule has 2 aliphatic rings. The number of aromatic nitrogens is 1. The number of thiophene rings is 1. The highest BCUT2D eigenvalue weighted by Gasteiger charge is 2.28. The van der Waals surface area contributed by atoms with Crippen molar-refractivity contribution in [1.82, 2.24) is 10.1 Å². The second-order valence-electron chi connectivity index (χ2n) is 6.69. The topological polar surface area (TPSA) is 47.7 Å². The summed E-state index contributed by atoms with van der Waals surface area (Å²) in [6.07, 6.45) is 2.34. The average Bonchev–Trinajstić information content (AvgIpc) is 3.43. The lowest BCUT2D eigenvalue weighted by molar-refractivity contribution is 0.170. The van der Waals surface area contributed by atoms with Crippen LogP contribution in [0.5, 0.6) is 11.5 Å². The molecule has 1 fully saturated rings. The minimum absolute atomic E-state index is 0.382. The van der Waals surface area contributed by atoms with Crippen LogP contribution in [0.2, 0.25) is 0 Å². The Morgan fingerprint density at radius 1 is 1.12 bits per heavy atom. The molecule has 0 N–H and O–H groups in total. The molecule has 4 heterocycles. The van der Waals surface area contributed by atoms with Gasteiger partial charge in [0.05, 0.1) is 10.6 Å². The second-order valence-corrected chi connectivity index (χ2v) is 7.64. The molecule has 5 rings (SSSR count). The van der Waals surface area contributed by atoms with Crippen LogP contribution < -0.4 is 9.47 Å². The number of hydrogen-bond acceptors (Lipinski definition) is 6. The Labute approximate surface area is 156 Å². The molecule has 2 aromatic heterocycles. The molecule has 3 aromatic rings. The van der Waals surface area contributed by atoms with E-state index in [1.807, 2.05) is 12.1 Å². The molecule has 134 valence electrons. The predicted molar refractivity (Wildman–Crippen MR) is 99.6 cm³/mol. The van der Waals surface area contributed by atoms with E-state index in [9.17, 15) is 0 Å². The van der Waals surface area contributed by atoms with Crippen LogP contribution >= 0.6 is 11.3 Å². The highest BCUT2D eigenvalue weighted by molar-refractivity contribution is 7.13. The number of ether oxygens (including phenoxy) is 2. The maximum Gasteiger partial charge on any atom is 0.177 e. The van der Waals surface area contributed by atoms with Gasteiger partial charge in [0.2, 0.25) is 0 Å². The molecule has 1 unspecified atom stereocenters. The van der Waals surface area contributed by atoms with Crippen molar-refractivity contribution < 1.29 is 14.0 Å². The van der Waals surface area contributed by atoms with Crippen LogP contribution in [0.25, 0.3) is 10.6 Å². The van der Waals surface area contributed by atoms with E-state index < -0.39 is 0 Å². The molecule has 6 heteroatoms. The third-order valence-corrected chi connectivity index (χ3v) is 5.89. The van der Waals surface area contributed by atoms with Crippen molar-refractivity contribution in [2.24, 2.45) is 0 Å². The van der Waals surface area contributed by atoms with Gasteiger partial charge in [-0.15, -0.1) is 11.3 Å². The summed E-state index contributed by atoms with van der Waals surface area (Å²) < 4.78 is 16.9. The number of likely N-dealkylation sites (tertiary alicyclic amines) is 1. The van der Waals surface area contributed by atoms with Gasteiger partial charge in [0.25, 0.3) is 0 Å². The van der Waals surface area contributed by atoms with E-state index in [1.165, 1.54) is 12.0 Å². The molecule has 26 heavy (non-hydrogen) atoms. The highest BCUT2D eigenvalue weighted by Crippen LogP contribution is 2.38. The molecular weight excluding hydrogens is 348 g/mol. The zero-order chi connectivity index (χ0) is 17.3. The van der Waals surface area contributed by atoms with Gasteiger partial charge in [0.15, 0.2) is 17.3 Å². The summed E-state index contributed by atoms with van der Waals surface area (Å²) in [6, 6.07) is 12.9. The predicted octanol–water partition coefficient (Wildman–Crippen LogP) is 4.51. The quantitative estimate of drug-likeness (QED) is 0.678. The van der Waals surface area contributed by atoms with E-state index in [2.05, 4.69) is 39.7 Å². The van der Waals surface area contributed by atoms with Crippen LogP contribution in [0.4, 0.5) is 0 Å². The highest BCUT2D eigenvalue weighted by atomic mass is 32.1. The Bertz CT molecular complexity index is 890. The summed E-state index contributed by atoms with van der Waals surface area (Å²) >= 11 is 1.67. The molecule has 0 bridgehead atoms. The van der Waals surface area contributed by atoms with Gasteiger partial charge in [-0.2, -0.15) is 0 Å². The third-order valence-electron chi connectivity index (χ3n) is 5.00. The first kappa shape index (κ1) is 15.9. The number of rotatable bonds is 4. The van der Waals surface area contributed by atoms with E-state index >= 15 is 0 Å². The van der Waals surface area contributed by atoms with Crippen molar-refractivity contribution in [3.05, 3.63) is 53.0 Å². The summed E-state index contributed by atoms with van der Waals surface area (Å²) in [4.78, 5) is 3.59. The van der Waals surface area contributed by atoms with E-state index in [-0.39, 0.29) is 0 Å². The summed E-state index contributed by atoms with van der Waals surface area (Å²) in [7, 11) is 0. The van der Waals surface area contributed by atoms with Gasteiger partial charge in [-0.3, -0.25) is 4.90 Å². The summed E-state index contributed by atoms with van der Waals surface area (Å²) in [6.45, 7) is 3.12. The first-order chi connectivity index (χ1) is 12.9. The van der Waals surface area contributed by atoms with E-state index in [0.29, 0.717) is 19.3 Å². The van der Waals surface area contributed by atoms with Gasteiger partial charge in [-0.1, -0.05) is 17.3 Å². The van der Waals surface area contributed by atoms with Crippen LogP contribution in [-0.2, 0) is 6.54 Å². The van der Waals surface area contributed by atoms with Gasteiger partial charge in [-0.05, 0) is 48.5 Å². The molecule has 0 amide bonds. The van der Waals surface area contributed by atoms with Gasteiger partial charge < -0.3 is 14.0 Å². The van der Waals surface area contributed by atoms with Crippen molar-refractivity contribution in [2.45, 2.75) is 25.4 Å². The largest absolute Gasteiger partial charge is 0.486 e. The maximum atomic E-state index is 5.75. The molecule has 0 spiro atoms. The molecule has 5 nitrogen and oxygen atoms in total. The smallest absolute Gasteiger partial charge is 0.177 e. The molecule has 1 atom stereocenters. The van der Waals surface area contributed by atoms with E-state index in [0.717, 1.165) is 47.3 Å². The van der Waals surface area contributed by atoms with Gasteiger partial charge >= 0.3 is 0 Å². The van der Waals surface area contributed by atoms with Crippen LogP contribution in [0.15, 0.2) is 46.3 Å². The molecule has 2 aliphatic heterocycles. The molecular formula is C20H20N2O3S. The van der Waals surface area contributed by atoms with Crippen LogP contribution in [-0.4, -0.2) is 29.8 Å². The fourth-order valence-electron chi connectivity index (χ4n) is 3.79. The summed E-state index contributed by atoms with van der Waals surface area (Å²) in [5, 5.41) is 6.33.